The summed E-state index contributed by atoms with van der Waals surface area (Å²) in [6, 6.07) is 16.2. The molecule has 12 heteroatoms. The summed E-state index contributed by atoms with van der Waals surface area (Å²) in [7, 11) is 1.35. The van der Waals surface area contributed by atoms with E-state index < -0.39 is 22.6 Å². The lowest BCUT2D eigenvalue weighted by atomic mass is 10.1. The van der Waals surface area contributed by atoms with Gasteiger partial charge in [-0.1, -0.05) is 24.3 Å². The predicted molar refractivity (Wildman–Crippen MR) is 119 cm³/mol. The summed E-state index contributed by atoms with van der Waals surface area (Å²) in [5.74, 6) is -0.345. The molecule has 0 fully saturated rings. The van der Waals surface area contributed by atoms with E-state index in [4.69, 9.17) is 4.74 Å². The number of nitrogens with zero attached hydrogens (tertiary/aromatic N) is 4. The average Bonchev–Trinajstić information content (AvgIpc) is 3.28. The SMILES string of the molecule is COc1nc(-c2ccc(C(F)(F)F)cc2)n(-c2cccc(NC(=O)c3cccc([N+](=O)[O-])c3)c2)n1. The molecule has 0 aliphatic heterocycles. The third-order valence-corrected chi connectivity index (χ3v) is 4.91. The normalized spacial score (nSPS) is 11.2. The molecule has 0 saturated carbocycles. The van der Waals surface area contributed by atoms with Crippen molar-refractivity contribution in [1.82, 2.24) is 14.8 Å². The van der Waals surface area contributed by atoms with E-state index in [9.17, 15) is 28.1 Å². The fourth-order valence-electron chi connectivity index (χ4n) is 3.23. The third-order valence-electron chi connectivity index (χ3n) is 4.91. The van der Waals surface area contributed by atoms with Crippen LogP contribution >= 0.6 is 0 Å². The van der Waals surface area contributed by atoms with Crippen molar-refractivity contribution in [2.75, 3.05) is 12.4 Å². The van der Waals surface area contributed by atoms with Crippen LogP contribution in [0.1, 0.15) is 15.9 Å². The molecule has 1 heterocycles. The maximum Gasteiger partial charge on any atom is 0.416 e. The molecule has 1 aromatic heterocycles. The Bertz CT molecular complexity index is 1400. The zero-order chi connectivity index (χ0) is 25.2. The molecular weight excluding hydrogens is 467 g/mol. The van der Waals surface area contributed by atoms with Gasteiger partial charge in [0.2, 0.25) is 0 Å². The van der Waals surface area contributed by atoms with E-state index in [2.05, 4.69) is 15.4 Å². The third kappa shape index (κ3) is 5.11. The molecule has 4 aromatic rings. The Morgan fingerprint density at radius 1 is 1.06 bits per heavy atom. The lowest BCUT2D eigenvalue weighted by Crippen LogP contribution is -2.12. The van der Waals surface area contributed by atoms with Crippen LogP contribution in [0.25, 0.3) is 17.1 Å². The van der Waals surface area contributed by atoms with Gasteiger partial charge >= 0.3 is 12.2 Å². The molecule has 0 radical (unpaired) electrons. The highest BCUT2D eigenvalue weighted by atomic mass is 19.4. The van der Waals surface area contributed by atoms with Crippen LogP contribution in [0.3, 0.4) is 0 Å². The summed E-state index contributed by atoms with van der Waals surface area (Å²) in [6.45, 7) is 0. The molecule has 0 aliphatic rings. The topological polar surface area (TPSA) is 112 Å². The molecule has 0 saturated heterocycles. The predicted octanol–water partition coefficient (Wildman–Crippen LogP) is 5.12. The summed E-state index contributed by atoms with van der Waals surface area (Å²) in [5, 5.41) is 17.9. The van der Waals surface area contributed by atoms with E-state index in [1.807, 2.05) is 0 Å². The summed E-state index contributed by atoms with van der Waals surface area (Å²) in [4.78, 5) is 27.2. The number of rotatable bonds is 6. The highest BCUT2D eigenvalue weighted by Crippen LogP contribution is 2.32. The molecule has 35 heavy (non-hydrogen) atoms. The number of carbonyl (C=O) groups is 1. The Balaban J connectivity index is 1.65. The van der Waals surface area contributed by atoms with Crippen molar-refractivity contribution >= 4 is 17.3 Å². The van der Waals surface area contributed by atoms with Gasteiger partial charge in [0.1, 0.15) is 0 Å². The van der Waals surface area contributed by atoms with Gasteiger partial charge in [-0.3, -0.25) is 14.9 Å². The molecule has 0 spiro atoms. The number of nitrogens with one attached hydrogen (secondary N) is 1. The summed E-state index contributed by atoms with van der Waals surface area (Å²) < 4.78 is 45.3. The maximum absolute atomic E-state index is 12.9. The van der Waals surface area contributed by atoms with Crippen LogP contribution in [0.2, 0.25) is 0 Å². The van der Waals surface area contributed by atoms with Crippen molar-refractivity contribution in [1.29, 1.82) is 0 Å². The molecule has 3 aromatic carbocycles. The minimum Gasteiger partial charge on any atom is -0.466 e. The van der Waals surface area contributed by atoms with Crippen molar-refractivity contribution < 1.29 is 27.6 Å². The highest BCUT2D eigenvalue weighted by Gasteiger charge is 2.30. The fraction of sp³-hybridized carbons (Fsp3) is 0.0870. The first kappa shape index (κ1) is 23.4. The fourth-order valence-corrected chi connectivity index (χ4v) is 3.23. The largest absolute Gasteiger partial charge is 0.466 e. The van der Waals surface area contributed by atoms with Crippen LogP contribution in [0.4, 0.5) is 24.5 Å². The first-order chi connectivity index (χ1) is 16.7. The van der Waals surface area contributed by atoms with Crippen LogP contribution in [0.15, 0.2) is 72.8 Å². The van der Waals surface area contributed by atoms with Gasteiger partial charge in [-0.25, -0.2) is 4.68 Å². The van der Waals surface area contributed by atoms with Crippen molar-refractivity contribution in [3.63, 3.8) is 0 Å². The molecule has 0 bridgehead atoms. The number of hydrogen-bond acceptors (Lipinski definition) is 6. The number of hydrogen-bond donors (Lipinski definition) is 1. The number of anilines is 1. The smallest absolute Gasteiger partial charge is 0.416 e. The molecule has 1 N–H and O–H groups in total. The number of amides is 1. The first-order valence-corrected chi connectivity index (χ1v) is 10.0. The Hall–Kier alpha value is -4.74. The number of benzene rings is 3. The van der Waals surface area contributed by atoms with Crippen molar-refractivity contribution in [3.8, 4) is 23.1 Å². The van der Waals surface area contributed by atoms with Gasteiger partial charge in [0, 0.05) is 28.9 Å². The van der Waals surface area contributed by atoms with Gasteiger partial charge in [-0.15, -0.1) is 5.10 Å². The second kappa shape index (κ2) is 9.25. The molecular formula is C23H16F3N5O4. The van der Waals surface area contributed by atoms with Crippen LogP contribution in [0, 0.1) is 10.1 Å². The minimum absolute atomic E-state index is 0.00840. The van der Waals surface area contributed by atoms with Gasteiger partial charge in [-0.2, -0.15) is 18.2 Å². The number of carbonyl (C=O) groups excluding carboxylic acids is 1. The van der Waals surface area contributed by atoms with Gasteiger partial charge < -0.3 is 10.1 Å². The molecule has 9 nitrogen and oxygen atoms in total. The average molecular weight is 483 g/mol. The number of aromatic nitrogens is 3. The van der Waals surface area contributed by atoms with Crippen LogP contribution in [-0.4, -0.2) is 32.7 Å². The quantitative estimate of drug-likeness (QED) is 0.301. The first-order valence-electron chi connectivity index (χ1n) is 10.0. The van der Waals surface area contributed by atoms with Crippen LogP contribution in [-0.2, 0) is 6.18 Å². The van der Waals surface area contributed by atoms with Crippen molar-refractivity contribution in [3.05, 3.63) is 94.0 Å². The number of nitro groups is 1. The number of alkyl halides is 3. The molecule has 178 valence electrons. The van der Waals surface area contributed by atoms with Gasteiger partial charge in [-0.05, 0) is 36.4 Å². The second-order valence-corrected chi connectivity index (χ2v) is 7.22. The second-order valence-electron chi connectivity index (χ2n) is 7.22. The molecule has 4 rings (SSSR count). The van der Waals surface area contributed by atoms with Gasteiger partial charge in [0.15, 0.2) is 5.82 Å². The summed E-state index contributed by atoms with van der Waals surface area (Å²) in [6.07, 6.45) is -4.48. The van der Waals surface area contributed by atoms with E-state index >= 15 is 0 Å². The zero-order valence-corrected chi connectivity index (χ0v) is 18.0. The number of halogens is 3. The van der Waals surface area contributed by atoms with E-state index in [1.165, 1.54) is 42.1 Å². The molecule has 0 atom stereocenters. The van der Waals surface area contributed by atoms with Crippen LogP contribution in [0.5, 0.6) is 6.01 Å². The Morgan fingerprint density at radius 3 is 2.43 bits per heavy atom. The standard InChI is InChI=1S/C23H16F3N5O4/c1-35-22-28-20(14-8-10-16(11-9-14)23(24,25)26)30(29-22)18-6-3-5-17(13-18)27-21(32)15-4-2-7-19(12-15)31(33)34/h2-13H,1H3,(H,27,32). The van der Waals surface area contributed by atoms with Gasteiger partial charge in [0.25, 0.3) is 11.6 Å². The van der Waals surface area contributed by atoms with E-state index in [0.29, 0.717) is 16.9 Å². The summed E-state index contributed by atoms with van der Waals surface area (Å²) >= 11 is 0. The highest BCUT2D eigenvalue weighted by molar-refractivity contribution is 6.04. The maximum atomic E-state index is 12.9. The van der Waals surface area contributed by atoms with Crippen LogP contribution < -0.4 is 10.1 Å². The molecule has 1 amide bonds. The van der Waals surface area contributed by atoms with Crippen molar-refractivity contribution in [2.45, 2.75) is 6.18 Å². The zero-order valence-electron chi connectivity index (χ0n) is 18.0. The Kier molecular flexibility index (Phi) is 6.19. The number of methoxy groups -OCH3 is 1. The minimum atomic E-state index is -4.48. The number of non-ortho nitro benzene ring substituents is 1. The van der Waals surface area contributed by atoms with E-state index in [1.54, 1.807) is 24.3 Å². The monoisotopic (exact) mass is 483 g/mol. The number of ether oxygens (including phenoxy) is 1. The van der Waals surface area contributed by atoms with Gasteiger partial charge in [0.05, 0.1) is 23.3 Å². The van der Waals surface area contributed by atoms with Crippen molar-refractivity contribution in [2.24, 2.45) is 0 Å². The van der Waals surface area contributed by atoms with E-state index in [0.717, 1.165) is 18.2 Å². The lowest BCUT2D eigenvalue weighted by molar-refractivity contribution is -0.384. The summed E-state index contributed by atoms with van der Waals surface area (Å²) in [5.41, 5.74) is 0.226. The van der Waals surface area contributed by atoms with E-state index in [-0.39, 0.29) is 23.1 Å². The molecule has 0 unspecified atom stereocenters. The number of nitro benzene ring substituents is 1. The lowest BCUT2D eigenvalue weighted by Gasteiger charge is -2.10. The molecule has 0 aliphatic carbocycles. The Morgan fingerprint density at radius 2 is 1.77 bits per heavy atom. The Labute approximate surface area is 195 Å².